The predicted molar refractivity (Wildman–Crippen MR) is 102 cm³/mol. The van der Waals surface area contributed by atoms with Crippen LogP contribution in [0.3, 0.4) is 0 Å². The van der Waals surface area contributed by atoms with Crippen molar-refractivity contribution < 1.29 is 4.74 Å². The van der Waals surface area contributed by atoms with Crippen molar-refractivity contribution in [1.82, 2.24) is 5.01 Å². The summed E-state index contributed by atoms with van der Waals surface area (Å²) in [5.74, 6) is 0.462. The summed E-state index contributed by atoms with van der Waals surface area (Å²) in [6.07, 6.45) is 4.45. The van der Waals surface area contributed by atoms with E-state index in [-0.39, 0.29) is 11.7 Å². The average Bonchev–Trinajstić information content (AvgIpc) is 3.35. The van der Waals surface area contributed by atoms with Gasteiger partial charge < -0.3 is 4.74 Å². The predicted octanol–water partition coefficient (Wildman–Crippen LogP) is 4.46. The van der Waals surface area contributed by atoms with Crippen LogP contribution in [0.1, 0.15) is 37.4 Å². The van der Waals surface area contributed by atoms with E-state index in [1.807, 2.05) is 6.21 Å². The maximum Gasteiger partial charge on any atom is 0.106 e. The lowest BCUT2D eigenvalue weighted by atomic mass is 9.84. The zero-order valence-electron chi connectivity index (χ0n) is 15.0. The number of hydrogen-bond acceptors (Lipinski definition) is 3. The van der Waals surface area contributed by atoms with Crippen molar-refractivity contribution in [2.24, 2.45) is 11.0 Å². The fourth-order valence-electron chi connectivity index (χ4n) is 3.93. The molecule has 0 N–H and O–H groups in total. The zero-order valence-corrected chi connectivity index (χ0v) is 15.0. The lowest BCUT2D eigenvalue weighted by Crippen LogP contribution is -2.35. The second-order valence-corrected chi connectivity index (χ2v) is 7.53. The monoisotopic (exact) mass is 334 g/mol. The quantitative estimate of drug-likeness (QED) is 0.596. The van der Waals surface area contributed by atoms with Crippen LogP contribution < -0.4 is 0 Å². The Kier molecular flexibility index (Phi) is 4.34. The van der Waals surface area contributed by atoms with E-state index in [0.717, 1.165) is 19.4 Å². The Morgan fingerprint density at radius 3 is 2.52 bits per heavy atom. The molecule has 0 radical (unpaired) electrons. The number of hydrogen-bond donors (Lipinski definition) is 0. The zero-order chi connectivity index (χ0) is 17.3. The van der Waals surface area contributed by atoms with Crippen LogP contribution >= 0.6 is 0 Å². The normalized spacial score (nSPS) is 31.6. The van der Waals surface area contributed by atoms with Crippen molar-refractivity contribution in [2.45, 2.75) is 44.4 Å². The van der Waals surface area contributed by atoms with E-state index in [0.29, 0.717) is 12.0 Å². The molecule has 2 fully saturated rings. The van der Waals surface area contributed by atoms with Crippen LogP contribution in [0.15, 0.2) is 65.8 Å². The first-order valence-electron chi connectivity index (χ1n) is 9.22. The molecule has 2 saturated heterocycles. The van der Waals surface area contributed by atoms with Crippen molar-refractivity contribution in [3.05, 3.63) is 71.8 Å². The lowest BCUT2D eigenvalue weighted by molar-refractivity contribution is 0.0158. The van der Waals surface area contributed by atoms with Crippen molar-refractivity contribution in [3.8, 4) is 0 Å². The molecule has 0 aliphatic carbocycles. The van der Waals surface area contributed by atoms with E-state index < -0.39 is 0 Å². The van der Waals surface area contributed by atoms with Gasteiger partial charge >= 0.3 is 0 Å². The molecular weight excluding hydrogens is 308 g/mol. The van der Waals surface area contributed by atoms with Crippen LogP contribution in [0.25, 0.3) is 0 Å². The van der Waals surface area contributed by atoms with Gasteiger partial charge in [0.15, 0.2) is 0 Å². The first-order valence-corrected chi connectivity index (χ1v) is 9.22. The van der Waals surface area contributed by atoms with Crippen molar-refractivity contribution >= 4 is 6.21 Å². The molecule has 2 heterocycles. The van der Waals surface area contributed by atoms with E-state index >= 15 is 0 Å². The molecule has 3 nitrogen and oxygen atoms in total. The smallest absolute Gasteiger partial charge is 0.106 e. The van der Waals surface area contributed by atoms with E-state index in [1.165, 1.54) is 11.1 Å². The number of hydrazone groups is 1. The maximum absolute atomic E-state index is 6.28. The van der Waals surface area contributed by atoms with Gasteiger partial charge in [0.05, 0.1) is 24.9 Å². The third kappa shape index (κ3) is 3.62. The molecule has 0 saturated carbocycles. The molecule has 0 amide bonds. The Balaban J connectivity index is 1.44. The van der Waals surface area contributed by atoms with Crippen LogP contribution in [-0.2, 0) is 11.2 Å². The van der Waals surface area contributed by atoms with E-state index in [4.69, 9.17) is 9.84 Å². The Labute approximate surface area is 150 Å². The summed E-state index contributed by atoms with van der Waals surface area (Å²) in [5, 5.41) is 6.90. The van der Waals surface area contributed by atoms with Crippen LogP contribution in [0.5, 0.6) is 0 Å². The molecular formula is C22H26N2O. The van der Waals surface area contributed by atoms with Gasteiger partial charge in [-0.25, -0.2) is 0 Å². The molecule has 130 valence electrons. The molecule has 2 aliphatic rings. The Hall–Kier alpha value is -2.13. The second kappa shape index (κ2) is 6.64. The van der Waals surface area contributed by atoms with Crippen LogP contribution in [0.2, 0.25) is 0 Å². The molecule has 4 unspecified atom stereocenters. The van der Waals surface area contributed by atoms with Crippen molar-refractivity contribution in [2.75, 3.05) is 6.54 Å². The van der Waals surface area contributed by atoms with Gasteiger partial charge in [0.1, 0.15) is 5.60 Å². The molecule has 0 aromatic heterocycles. The minimum absolute atomic E-state index is 0.282. The van der Waals surface area contributed by atoms with Gasteiger partial charge in [0.2, 0.25) is 0 Å². The molecule has 0 bridgehead atoms. The van der Waals surface area contributed by atoms with Gasteiger partial charge in [-0.05, 0) is 43.7 Å². The summed E-state index contributed by atoms with van der Waals surface area (Å²) in [4.78, 5) is 0. The third-order valence-electron chi connectivity index (χ3n) is 5.44. The first kappa shape index (κ1) is 16.3. The first-order chi connectivity index (χ1) is 12.1. The SMILES string of the molecule is CC1CC(Cc2ccccc2)C(C)(/C=N/N2CC2c2ccccc2)O1. The van der Waals surface area contributed by atoms with Crippen LogP contribution in [-0.4, -0.2) is 29.5 Å². The molecule has 2 aromatic rings. The molecule has 4 rings (SSSR count). The Morgan fingerprint density at radius 1 is 1.12 bits per heavy atom. The van der Waals surface area contributed by atoms with E-state index in [9.17, 15) is 0 Å². The summed E-state index contributed by atoms with van der Waals surface area (Å²) in [6, 6.07) is 21.7. The van der Waals surface area contributed by atoms with Gasteiger partial charge in [-0.15, -0.1) is 0 Å². The highest BCUT2D eigenvalue weighted by Crippen LogP contribution is 2.39. The highest BCUT2D eigenvalue weighted by Gasteiger charge is 2.43. The fraction of sp³-hybridized carbons (Fsp3) is 0.409. The minimum Gasteiger partial charge on any atom is -0.366 e. The summed E-state index contributed by atoms with van der Waals surface area (Å²) in [6.45, 7) is 5.35. The number of ether oxygens (including phenoxy) is 1. The highest BCUT2D eigenvalue weighted by atomic mass is 16.5. The topological polar surface area (TPSA) is 24.6 Å². The van der Waals surface area contributed by atoms with Gasteiger partial charge in [-0.2, -0.15) is 5.10 Å². The van der Waals surface area contributed by atoms with Gasteiger partial charge in [-0.3, -0.25) is 5.01 Å². The number of rotatable bonds is 5. The molecule has 25 heavy (non-hydrogen) atoms. The van der Waals surface area contributed by atoms with Crippen molar-refractivity contribution in [1.29, 1.82) is 0 Å². The van der Waals surface area contributed by atoms with Crippen LogP contribution in [0.4, 0.5) is 0 Å². The molecule has 2 aliphatic heterocycles. The maximum atomic E-state index is 6.28. The highest BCUT2D eigenvalue weighted by molar-refractivity contribution is 5.69. The second-order valence-electron chi connectivity index (χ2n) is 7.53. The van der Waals surface area contributed by atoms with Crippen molar-refractivity contribution in [3.63, 3.8) is 0 Å². The number of benzene rings is 2. The summed E-state index contributed by atoms with van der Waals surface area (Å²) in [5.41, 5.74) is 2.42. The summed E-state index contributed by atoms with van der Waals surface area (Å²) in [7, 11) is 0. The molecule has 3 heteroatoms. The molecule has 2 aromatic carbocycles. The standard InChI is InChI=1S/C22H26N2O/c1-17-13-20(14-18-9-5-3-6-10-18)22(2,25-17)16-23-24-15-21(24)19-11-7-4-8-12-19/h3-12,16-17,20-21H,13-15H2,1-2H3/b23-16+. The van der Waals surface area contributed by atoms with Crippen LogP contribution in [0, 0.1) is 5.92 Å². The van der Waals surface area contributed by atoms with Gasteiger partial charge in [0, 0.05) is 0 Å². The largest absolute Gasteiger partial charge is 0.366 e. The molecule has 4 atom stereocenters. The minimum atomic E-state index is -0.293. The summed E-state index contributed by atoms with van der Waals surface area (Å²) < 4.78 is 6.28. The van der Waals surface area contributed by atoms with Gasteiger partial charge in [-0.1, -0.05) is 60.7 Å². The number of nitrogens with zero attached hydrogens (tertiary/aromatic N) is 2. The fourth-order valence-corrected chi connectivity index (χ4v) is 3.93. The Bertz CT molecular complexity index is 730. The summed E-state index contributed by atoms with van der Waals surface area (Å²) >= 11 is 0. The van der Waals surface area contributed by atoms with E-state index in [1.54, 1.807) is 0 Å². The Morgan fingerprint density at radius 2 is 1.80 bits per heavy atom. The average molecular weight is 334 g/mol. The van der Waals surface area contributed by atoms with E-state index in [2.05, 4.69) is 79.5 Å². The molecule has 0 spiro atoms. The third-order valence-corrected chi connectivity index (χ3v) is 5.44. The lowest BCUT2D eigenvalue weighted by Gasteiger charge is -2.26. The van der Waals surface area contributed by atoms with Gasteiger partial charge in [0.25, 0.3) is 0 Å².